The van der Waals surface area contributed by atoms with Gasteiger partial charge in [-0.3, -0.25) is 14.6 Å². The molecule has 0 radical (unpaired) electrons. The third-order valence-electron chi connectivity index (χ3n) is 5.18. The zero-order chi connectivity index (χ0) is 24.8. The van der Waals surface area contributed by atoms with Crippen molar-refractivity contribution in [2.24, 2.45) is 0 Å². The minimum absolute atomic E-state index is 0.290. The topological polar surface area (TPSA) is 107 Å². The van der Waals surface area contributed by atoms with E-state index in [9.17, 15) is 14.4 Å². The number of hydrogen-bond acceptors (Lipinski definition) is 6. The Kier molecular flexibility index (Phi) is 7.02. The first kappa shape index (κ1) is 23.4. The third-order valence-corrected chi connectivity index (χ3v) is 5.18. The van der Waals surface area contributed by atoms with Crippen molar-refractivity contribution in [1.82, 2.24) is 4.98 Å². The molecule has 0 spiro atoms. The van der Waals surface area contributed by atoms with Crippen LogP contribution in [-0.4, -0.2) is 36.5 Å². The van der Waals surface area contributed by atoms with Crippen molar-refractivity contribution in [3.05, 3.63) is 95.7 Å². The number of hydrogen-bond donors (Lipinski definition) is 2. The Morgan fingerprint density at radius 3 is 2.23 bits per heavy atom. The minimum atomic E-state index is -0.604. The second-order valence-corrected chi connectivity index (χ2v) is 7.71. The highest BCUT2D eigenvalue weighted by atomic mass is 16.5. The number of carbonyl (C=O) groups excluding carboxylic acids is 3. The molecule has 1 aromatic heterocycles. The van der Waals surface area contributed by atoms with Gasteiger partial charge in [0.1, 0.15) is 5.75 Å². The Morgan fingerprint density at radius 2 is 1.51 bits per heavy atom. The zero-order valence-electron chi connectivity index (χ0n) is 19.2. The Hall–Kier alpha value is -4.72. The minimum Gasteiger partial charge on any atom is -0.497 e. The largest absolute Gasteiger partial charge is 0.497 e. The summed E-state index contributed by atoms with van der Waals surface area (Å²) in [6.07, 6.45) is 0. The molecule has 3 aromatic carbocycles. The molecule has 0 saturated carbocycles. The number of aromatic nitrogens is 1. The van der Waals surface area contributed by atoms with Crippen molar-refractivity contribution >= 4 is 40.1 Å². The number of esters is 1. The molecule has 35 heavy (non-hydrogen) atoms. The fourth-order valence-corrected chi connectivity index (χ4v) is 3.47. The molecule has 8 nitrogen and oxygen atoms in total. The van der Waals surface area contributed by atoms with Crippen LogP contribution < -0.4 is 15.4 Å². The molecular weight excluding hydrogens is 446 g/mol. The standard InChI is InChI=1S/C27H23N3O5/c1-17-15-23(22-5-3-4-6-24(22)28-17)27(33)35-16-25(31)29-19-9-7-18(8-10-19)26(32)30-20-11-13-21(34-2)14-12-20/h3-15H,16H2,1-2H3,(H,29,31)(H,30,32). The SMILES string of the molecule is COc1ccc(NC(=O)c2ccc(NC(=O)COC(=O)c3cc(C)nc4ccccc34)cc2)cc1. The number of ether oxygens (including phenoxy) is 2. The molecule has 0 saturated heterocycles. The van der Waals surface area contributed by atoms with Crippen LogP contribution in [0.5, 0.6) is 5.75 Å². The van der Waals surface area contributed by atoms with E-state index in [2.05, 4.69) is 15.6 Å². The third kappa shape index (κ3) is 5.80. The number of methoxy groups -OCH3 is 1. The van der Waals surface area contributed by atoms with Crippen molar-refractivity contribution in [2.75, 3.05) is 24.4 Å². The number of carbonyl (C=O) groups is 3. The van der Waals surface area contributed by atoms with Gasteiger partial charge in [-0.1, -0.05) is 18.2 Å². The Labute approximate surface area is 201 Å². The Bertz CT molecular complexity index is 1380. The van der Waals surface area contributed by atoms with E-state index in [0.29, 0.717) is 44.8 Å². The van der Waals surface area contributed by atoms with E-state index in [1.54, 1.807) is 74.7 Å². The number of nitrogens with one attached hydrogen (secondary N) is 2. The summed E-state index contributed by atoms with van der Waals surface area (Å²) in [6, 6.07) is 22.2. The molecule has 0 fully saturated rings. The fourth-order valence-electron chi connectivity index (χ4n) is 3.47. The summed E-state index contributed by atoms with van der Waals surface area (Å²) in [5.41, 5.74) is 3.24. The van der Waals surface area contributed by atoms with Crippen LogP contribution in [0.15, 0.2) is 78.9 Å². The predicted octanol–water partition coefficient (Wildman–Crippen LogP) is 4.60. The maximum atomic E-state index is 12.6. The van der Waals surface area contributed by atoms with Gasteiger partial charge in [-0.2, -0.15) is 0 Å². The number of para-hydroxylation sites is 1. The second-order valence-electron chi connectivity index (χ2n) is 7.71. The summed E-state index contributed by atoms with van der Waals surface area (Å²) >= 11 is 0. The molecule has 2 N–H and O–H groups in total. The van der Waals surface area contributed by atoms with E-state index >= 15 is 0 Å². The summed E-state index contributed by atoms with van der Waals surface area (Å²) in [4.78, 5) is 41.7. The van der Waals surface area contributed by atoms with Gasteiger partial charge in [0.2, 0.25) is 0 Å². The molecule has 1 heterocycles. The van der Waals surface area contributed by atoms with Crippen LogP contribution in [0.1, 0.15) is 26.4 Å². The van der Waals surface area contributed by atoms with Crippen LogP contribution in [0.3, 0.4) is 0 Å². The van der Waals surface area contributed by atoms with Crippen LogP contribution in [0.4, 0.5) is 11.4 Å². The number of nitrogens with zero attached hydrogens (tertiary/aromatic N) is 1. The van der Waals surface area contributed by atoms with Crippen molar-refractivity contribution in [1.29, 1.82) is 0 Å². The van der Waals surface area contributed by atoms with Gasteiger partial charge < -0.3 is 20.1 Å². The number of pyridine rings is 1. The summed E-state index contributed by atoms with van der Waals surface area (Å²) in [7, 11) is 1.57. The van der Waals surface area contributed by atoms with Gasteiger partial charge in [0, 0.05) is 28.0 Å². The van der Waals surface area contributed by atoms with Gasteiger partial charge in [-0.25, -0.2) is 4.79 Å². The van der Waals surface area contributed by atoms with Gasteiger partial charge in [0.15, 0.2) is 6.61 Å². The molecule has 0 aliphatic heterocycles. The second kappa shape index (κ2) is 10.5. The first-order valence-electron chi connectivity index (χ1n) is 10.8. The summed E-state index contributed by atoms with van der Waals surface area (Å²) in [6.45, 7) is 1.34. The van der Waals surface area contributed by atoms with Crippen molar-refractivity contribution < 1.29 is 23.9 Å². The van der Waals surface area contributed by atoms with Crippen LogP contribution in [0.2, 0.25) is 0 Å². The van der Waals surface area contributed by atoms with E-state index < -0.39 is 18.5 Å². The van der Waals surface area contributed by atoms with Gasteiger partial charge in [-0.15, -0.1) is 0 Å². The average molecular weight is 469 g/mol. The first-order chi connectivity index (χ1) is 16.9. The van der Waals surface area contributed by atoms with Crippen LogP contribution in [-0.2, 0) is 9.53 Å². The Balaban J connectivity index is 1.32. The molecule has 0 atom stereocenters. The highest BCUT2D eigenvalue weighted by Gasteiger charge is 2.15. The number of amides is 2. The number of fused-ring (bicyclic) bond motifs is 1. The van der Waals surface area contributed by atoms with Crippen molar-refractivity contribution in [2.45, 2.75) is 6.92 Å². The number of benzene rings is 3. The molecule has 0 aliphatic carbocycles. The summed E-state index contributed by atoms with van der Waals surface area (Å²) in [5, 5.41) is 6.10. The lowest BCUT2D eigenvalue weighted by molar-refractivity contribution is -0.119. The normalized spacial score (nSPS) is 10.5. The van der Waals surface area contributed by atoms with Gasteiger partial charge in [-0.05, 0) is 67.6 Å². The van der Waals surface area contributed by atoms with Crippen molar-refractivity contribution in [3.8, 4) is 5.75 Å². The molecule has 4 rings (SSSR count). The molecule has 0 unspecified atom stereocenters. The van der Waals surface area contributed by atoms with E-state index in [1.807, 2.05) is 18.2 Å². The molecule has 0 bridgehead atoms. The first-order valence-corrected chi connectivity index (χ1v) is 10.8. The molecule has 2 amide bonds. The summed E-state index contributed by atoms with van der Waals surface area (Å²) in [5.74, 6) is -0.698. The number of anilines is 2. The van der Waals surface area contributed by atoms with Gasteiger partial charge >= 0.3 is 5.97 Å². The lowest BCUT2D eigenvalue weighted by Gasteiger charge is -2.10. The van der Waals surface area contributed by atoms with Crippen LogP contribution in [0.25, 0.3) is 10.9 Å². The highest BCUT2D eigenvalue weighted by Crippen LogP contribution is 2.20. The van der Waals surface area contributed by atoms with E-state index in [0.717, 1.165) is 0 Å². The van der Waals surface area contributed by atoms with E-state index in [4.69, 9.17) is 9.47 Å². The van der Waals surface area contributed by atoms with E-state index in [-0.39, 0.29) is 5.91 Å². The van der Waals surface area contributed by atoms with Crippen LogP contribution >= 0.6 is 0 Å². The lowest BCUT2D eigenvalue weighted by Crippen LogP contribution is -2.21. The average Bonchev–Trinajstić information content (AvgIpc) is 2.87. The van der Waals surface area contributed by atoms with Crippen LogP contribution in [0, 0.1) is 6.92 Å². The van der Waals surface area contributed by atoms with Gasteiger partial charge in [0.05, 0.1) is 18.2 Å². The smallest absolute Gasteiger partial charge is 0.339 e. The lowest BCUT2D eigenvalue weighted by atomic mass is 10.1. The molecular formula is C27H23N3O5. The Morgan fingerprint density at radius 1 is 0.857 bits per heavy atom. The summed E-state index contributed by atoms with van der Waals surface area (Å²) < 4.78 is 10.3. The predicted molar refractivity (Wildman–Crippen MR) is 133 cm³/mol. The maximum Gasteiger partial charge on any atom is 0.339 e. The van der Waals surface area contributed by atoms with Gasteiger partial charge in [0.25, 0.3) is 11.8 Å². The van der Waals surface area contributed by atoms with E-state index in [1.165, 1.54) is 0 Å². The zero-order valence-corrected chi connectivity index (χ0v) is 19.2. The quantitative estimate of drug-likeness (QED) is 0.383. The molecule has 0 aliphatic rings. The number of rotatable bonds is 7. The molecule has 4 aromatic rings. The molecule has 8 heteroatoms. The van der Waals surface area contributed by atoms with Crippen molar-refractivity contribution in [3.63, 3.8) is 0 Å². The highest BCUT2D eigenvalue weighted by molar-refractivity contribution is 6.05. The fraction of sp³-hybridized carbons (Fsp3) is 0.111. The number of aryl methyl sites for hydroxylation is 1. The molecule has 176 valence electrons. The maximum absolute atomic E-state index is 12.6. The monoisotopic (exact) mass is 469 g/mol.